The lowest BCUT2D eigenvalue weighted by atomic mass is 10.1. The van der Waals surface area contributed by atoms with Crippen molar-refractivity contribution in [3.63, 3.8) is 0 Å². The number of halogens is 2. The third kappa shape index (κ3) is 6.06. The van der Waals surface area contributed by atoms with Gasteiger partial charge >= 0.3 is 6.61 Å². The summed E-state index contributed by atoms with van der Waals surface area (Å²) >= 11 is 0. The molecule has 0 saturated heterocycles. The normalized spacial score (nSPS) is 11.0. The fourth-order valence-electron chi connectivity index (χ4n) is 3.34. The molecule has 2 heterocycles. The largest absolute Gasteiger partial charge is 0.487 e. The van der Waals surface area contributed by atoms with Gasteiger partial charge in [0.1, 0.15) is 23.8 Å². The number of hydrogen-bond acceptors (Lipinski definition) is 4. The van der Waals surface area contributed by atoms with E-state index in [-0.39, 0.29) is 11.7 Å². The molecule has 0 aliphatic rings. The Morgan fingerprint density at radius 2 is 1.73 bits per heavy atom. The minimum absolute atomic E-state index is 0.108. The Bertz CT molecular complexity index is 1220. The maximum Gasteiger partial charge on any atom is 0.387 e. The number of rotatable bonds is 9. The van der Waals surface area contributed by atoms with E-state index in [0.717, 1.165) is 22.5 Å². The van der Waals surface area contributed by atoms with Crippen LogP contribution in [0.15, 0.2) is 73.1 Å². The highest BCUT2D eigenvalue weighted by Gasteiger charge is 2.08. The lowest BCUT2D eigenvalue weighted by Crippen LogP contribution is -2.25. The summed E-state index contributed by atoms with van der Waals surface area (Å²) in [4.78, 5) is 16.9. The lowest BCUT2D eigenvalue weighted by molar-refractivity contribution is -0.0498. The number of nitrogens with zero attached hydrogens (tertiary/aromatic N) is 2. The first kappa shape index (κ1) is 22.3. The van der Waals surface area contributed by atoms with Crippen LogP contribution in [0, 0.1) is 6.92 Å². The number of carbonyl (C=O) groups excluding carboxylic acids is 1. The molecule has 1 amide bonds. The first-order valence-electron chi connectivity index (χ1n) is 10.5. The minimum Gasteiger partial charge on any atom is -0.487 e. The summed E-state index contributed by atoms with van der Waals surface area (Å²) in [6.45, 7) is -0.0755. The number of amides is 1. The average molecular weight is 451 g/mol. The zero-order chi connectivity index (χ0) is 23.2. The maximum absolute atomic E-state index is 12.4. The molecule has 0 saturated carbocycles. The molecule has 6 nitrogen and oxygen atoms in total. The number of aromatic nitrogens is 2. The van der Waals surface area contributed by atoms with Crippen molar-refractivity contribution >= 4 is 11.6 Å². The summed E-state index contributed by atoms with van der Waals surface area (Å²) < 4.78 is 36.5. The van der Waals surface area contributed by atoms with Gasteiger partial charge in [0.25, 0.3) is 5.91 Å². The Morgan fingerprint density at radius 1 is 1.00 bits per heavy atom. The number of ether oxygens (including phenoxy) is 2. The molecule has 1 N–H and O–H groups in total. The molecule has 4 rings (SSSR count). The van der Waals surface area contributed by atoms with Crippen LogP contribution in [-0.4, -0.2) is 28.4 Å². The van der Waals surface area contributed by atoms with Crippen LogP contribution in [0.3, 0.4) is 0 Å². The average Bonchev–Trinajstić information content (AvgIpc) is 3.21. The van der Waals surface area contributed by atoms with Gasteiger partial charge in [-0.1, -0.05) is 18.2 Å². The number of carbonyl (C=O) groups is 1. The van der Waals surface area contributed by atoms with Crippen molar-refractivity contribution in [1.29, 1.82) is 0 Å². The summed E-state index contributed by atoms with van der Waals surface area (Å²) in [5.41, 5.74) is 4.26. The number of nitrogens with one attached hydrogen (secondary N) is 1. The van der Waals surface area contributed by atoms with E-state index in [1.807, 2.05) is 35.9 Å². The molecule has 0 fully saturated rings. The van der Waals surface area contributed by atoms with Crippen molar-refractivity contribution < 1.29 is 23.0 Å². The summed E-state index contributed by atoms with van der Waals surface area (Å²) in [6, 6.07) is 17.2. The molecule has 0 radical (unpaired) electrons. The highest BCUT2D eigenvalue weighted by molar-refractivity contribution is 5.94. The monoisotopic (exact) mass is 451 g/mol. The highest BCUT2D eigenvalue weighted by atomic mass is 19.3. The van der Waals surface area contributed by atoms with Gasteiger partial charge in [0.2, 0.25) is 0 Å². The first-order chi connectivity index (χ1) is 16.0. The second-order valence-corrected chi connectivity index (χ2v) is 7.55. The highest BCUT2D eigenvalue weighted by Crippen LogP contribution is 2.16. The van der Waals surface area contributed by atoms with E-state index in [0.29, 0.717) is 30.9 Å². The molecule has 4 aromatic rings. The number of pyridine rings is 1. The van der Waals surface area contributed by atoms with E-state index in [1.165, 1.54) is 12.1 Å². The fraction of sp³-hybridized carbons (Fsp3) is 0.200. The summed E-state index contributed by atoms with van der Waals surface area (Å²) in [6.07, 6.45) is 4.51. The van der Waals surface area contributed by atoms with Gasteiger partial charge in [-0.3, -0.25) is 4.79 Å². The van der Waals surface area contributed by atoms with Gasteiger partial charge < -0.3 is 19.2 Å². The van der Waals surface area contributed by atoms with Crippen molar-refractivity contribution in [2.75, 3.05) is 6.54 Å². The standard InChI is InChI=1S/C25H23F2N3O3/c1-17-2-11-23-29-20(15-30(23)14-17)16-32-21-9-5-19(6-10-21)24(31)28-13-12-18-3-7-22(8-4-18)33-25(26)27/h2-11,14-15,25H,12-13,16H2,1H3,(H,28,31). The Labute approximate surface area is 189 Å². The van der Waals surface area contributed by atoms with Gasteiger partial charge in [-0.2, -0.15) is 8.78 Å². The van der Waals surface area contributed by atoms with E-state index in [9.17, 15) is 13.6 Å². The van der Waals surface area contributed by atoms with E-state index < -0.39 is 6.61 Å². The van der Waals surface area contributed by atoms with Crippen molar-refractivity contribution in [3.05, 3.63) is 95.4 Å². The molecule has 0 unspecified atom stereocenters. The molecule has 0 aliphatic heterocycles. The molecule has 2 aromatic heterocycles. The SMILES string of the molecule is Cc1ccc2nc(COc3ccc(C(=O)NCCc4ccc(OC(F)F)cc4)cc3)cn2c1. The molecular formula is C25H23F2N3O3. The number of fused-ring (bicyclic) bond motifs is 1. The smallest absolute Gasteiger partial charge is 0.387 e. The van der Waals surface area contributed by atoms with Gasteiger partial charge in [-0.15, -0.1) is 0 Å². The molecule has 2 aromatic carbocycles. The van der Waals surface area contributed by atoms with E-state index in [1.54, 1.807) is 36.4 Å². The molecule has 0 atom stereocenters. The Balaban J connectivity index is 1.24. The van der Waals surface area contributed by atoms with Crippen LogP contribution in [0.2, 0.25) is 0 Å². The van der Waals surface area contributed by atoms with Crippen molar-refractivity contribution in [2.24, 2.45) is 0 Å². The Hall–Kier alpha value is -3.94. The summed E-state index contributed by atoms with van der Waals surface area (Å²) in [5.74, 6) is 0.553. The number of hydrogen-bond donors (Lipinski definition) is 1. The minimum atomic E-state index is -2.85. The summed E-state index contributed by atoms with van der Waals surface area (Å²) in [7, 11) is 0. The quantitative estimate of drug-likeness (QED) is 0.397. The fourth-order valence-corrected chi connectivity index (χ4v) is 3.34. The van der Waals surface area contributed by atoms with E-state index in [2.05, 4.69) is 15.0 Å². The van der Waals surface area contributed by atoms with Crippen LogP contribution in [0.1, 0.15) is 27.2 Å². The molecule has 0 aliphatic carbocycles. The maximum atomic E-state index is 12.4. The molecule has 0 spiro atoms. The first-order valence-corrected chi connectivity index (χ1v) is 10.5. The molecule has 0 bridgehead atoms. The van der Waals surface area contributed by atoms with Crippen molar-refractivity contribution in [1.82, 2.24) is 14.7 Å². The Morgan fingerprint density at radius 3 is 2.45 bits per heavy atom. The molecular weight excluding hydrogens is 428 g/mol. The van der Waals surface area contributed by atoms with Crippen LogP contribution in [0.25, 0.3) is 5.65 Å². The summed E-state index contributed by atoms with van der Waals surface area (Å²) in [5, 5.41) is 2.85. The predicted octanol–water partition coefficient (Wildman–Crippen LogP) is 4.80. The lowest BCUT2D eigenvalue weighted by Gasteiger charge is -2.08. The van der Waals surface area contributed by atoms with Crippen LogP contribution in [0.4, 0.5) is 8.78 Å². The van der Waals surface area contributed by atoms with Crippen molar-refractivity contribution in [2.45, 2.75) is 26.6 Å². The van der Waals surface area contributed by atoms with Crippen LogP contribution in [0.5, 0.6) is 11.5 Å². The Kier molecular flexibility index (Phi) is 6.83. The van der Waals surface area contributed by atoms with Gasteiger partial charge in [0, 0.05) is 24.5 Å². The van der Waals surface area contributed by atoms with E-state index >= 15 is 0 Å². The van der Waals surface area contributed by atoms with Crippen LogP contribution in [-0.2, 0) is 13.0 Å². The second-order valence-electron chi connectivity index (χ2n) is 7.55. The zero-order valence-electron chi connectivity index (χ0n) is 18.0. The van der Waals surface area contributed by atoms with Gasteiger partial charge in [0.05, 0.1) is 5.69 Å². The number of alkyl halides is 2. The number of benzene rings is 2. The van der Waals surface area contributed by atoms with Crippen molar-refractivity contribution in [3.8, 4) is 11.5 Å². The zero-order valence-corrected chi connectivity index (χ0v) is 18.0. The van der Waals surface area contributed by atoms with E-state index in [4.69, 9.17) is 4.74 Å². The third-order valence-corrected chi connectivity index (χ3v) is 5.00. The topological polar surface area (TPSA) is 64.9 Å². The van der Waals surface area contributed by atoms with Gasteiger partial charge in [-0.05, 0) is 66.9 Å². The molecule has 8 heteroatoms. The molecule has 170 valence electrons. The van der Waals surface area contributed by atoms with Crippen LogP contribution < -0.4 is 14.8 Å². The van der Waals surface area contributed by atoms with Gasteiger partial charge in [-0.25, -0.2) is 4.98 Å². The third-order valence-electron chi connectivity index (χ3n) is 5.00. The number of imidazole rings is 1. The second kappa shape index (κ2) is 10.1. The van der Waals surface area contributed by atoms with Crippen LogP contribution >= 0.6 is 0 Å². The molecule has 33 heavy (non-hydrogen) atoms. The number of aryl methyl sites for hydroxylation is 1. The van der Waals surface area contributed by atoms with Gasteiger partial charge in [0.15, 0.2) is 0 Å². The predicted molar refractivity (Wildman–Crippen MR) is 120 cm³/mol.